The number of ether oxygens (including phenoxy) is 2. The molecule has 2 aromatic rings. The highest BCUT2D eigenvalue weighted by molar-refractivity contribution is 5.48. The predicted molar refractivity (Wildman–Crippen MR) is 79.4 cm³/mol. The average molecular weight is 275 g/mol. The standard InChI is InChI=1S/C15H21N3O2/c1-4-9-18-10-8-14(17-18)16-11-12-6-5-7-13(19-2)15(12)20-3/h5-8,10H,4,9,11H2,1-3H3,(H,16,17). The monoisotopic (exact) mass is 275 g/mol. The van der Waals surface area contributed by atoms with Crippen LogP contribution >= 0.6 is 0 Å². The van der Waals surface area contributed by atoms with Crippen LogP contribution in [0.15, 0.2) is 30.5 Å². The quantitative estimate of drug-likeness (QED) is 0.844. The SMILES string of the molecule is CCCn1ccc(NCc2cccc(OC)c2OC)n1. The third-order valence-corrected chi connectivity index (χ3v) is 3.04. The molecule has 5 heteroatoms. The molecule has 0 fully saturated rings. The summed E-state index contributed by atoms with van der Waals surface area (Å²) >= 11 is 0. The normalized spacial score (nSPS) is 10.3. The van der Waals surface area contributed by atoms with E-state index in [1.54, 1.807) is 14.2 Å². The third kappa shape index (κ3) is 3.23. The predicted octanol–water partition coefficient (Wildman–Crippen LogP) is 2.92. The van der Waals surface area contributed by atoms with Gasteiger partial charge in [0.25, 0.3) is 0 Å². The molecule has 20 heavy (non-hydrogen) atoms. The highest BCUT2D eigenvalue weighted by atomic mass is 16.5. The van der Waals surface area contributed by atoms with Gasteiger partial charge in [-0.05, 0) is 12.5 Å². The first-order valence-electron chi connectivity index (χ1n) is 6.75. The second kappa shape index (κ2) is 6.84. The summed E-state index contributed by atoms with van der Waals surface area (Å²) in [6, 6.07) is 7.83. The van der Waals surface area contributed by atoms with Crippen molar-refractivity contribution in [2.24, 2.45) is 0 Å². The van der Waals surface area contributed by atoms with Crippen LogP contribution in [0, 0.1) is 0 Å². The number of nitrogens with zero attached hydrogens (tertiary/aromatic N) is 2. The number of anilines is 1. The van der Waals surface area contributed by atoms with Crippen molar-refractivity contribution >= 4 is 5.82 Å². The van der Waals surface area contributed by atoms with Gasteiger partial charge in [-0.1, -0.05) is 19.1 Å². The first-order valence-corrected chi connectivity index (χ1v) is 6.75. The lowest BCUT2D eigenvalue weighted by Crippen LogP contribution is -2.04. The first kappa shape index (κ1) is 14.2. The summed E-state index contributed by atoms with van der Waals surface area (Å²) in [6.07, 6.45) is 3.06. The van der Waals surface area contributed by atoms with Crippen LogP contribution in [-0.4, -0.2) is 24.0 Å². The molecule has 0 saturated heterocycles. The Hall–Kier alpha value is -2.17. The van der Waals surface area contributed by atoms with E-state index in [0.29, 0.717) is 6.54 Å². The van der Waals surface area contributed by atoms with Crippen LogP contribution < -0.4 is 14.8 Å². The maximum absolute atomic E-state index is 5.41. The highest BCUT2D eigenvalue weighted by Gasteiger charge is 2.09. The van der Waals surface area contributed by atoms with Gasteiger partial charge in [-0.25, -0.2) is 0 Å². The van der Waals surface area contributed by atoms with E-state index in [0.717, 1.165) is 35.8 Å². The second-order valence-corrected chi connectivity index (χ2v) is 4.47. The molecule has 0 aliphatic carbocycles. The van der Waals surface area contributed by atoms with Gasteiger partial charge in [-0.3, -0.25) is 4.68 Å². The average Bonchev–Trinajstić information content (AvgIpc) is 2.92. The summed E-state index contributed by atoms with van der Waals surface area (Å²) in [5.41, 5.74) is 1.04. The molecule has 1 N–H and O–H groups in total. The molecule has 0 amide bonds. The minimum atomic E-state index is 0.642. The molecule has 1 aromatic heterocycles. The van der Waals surface area contributed by atoms with Gasteiger partial charge < -0.3 is 14.8 Å². The van der Waals surface area contributed by atoms with E-state index in [1.165, 1.54) is 0 Å². The lowest BCUT2D eigenvalue weighted by atomic mass is 10.2. The van der Waals surface area contributed by atoms with Gasteiger partial charge in [0.2, 0.25) is 0 Å². The molecule has 108 valence electrons. The van der Waals surface area contributed by atoms with E-state index in [1.807, 2.05) is 35.1 Å². The largest absolute Gasteiger partial charge is 0.493 e. The third-order valence-electron chi connectivity index (χ3n) is 3.04. The zero-order valence-corrected chi connectivity index (χ0v) is 12.2. The number of aromatic nitrogens is 2. The lowest BCUT2D eigenvalue weighted by molar-refractivity contribution is 0.352. The molecular formula is C15H21N3O2. The second-order valence-electron chi connectivity index (χ2n) is 4.47. The van der Waals surface area contributed by atoms with Gasteiger partial charge in [-0.2, -0.15) is 5.10 Å². The summed E-state index contributed by atoms with van der Waals surface area (Å²) in [5, 5.41) is 7.74. The number of nitrogens with one attached hydrogen (secondary N) is 1. The molecule has 1 aromatic carbocycles. The van der Waals surface area contributed by atoms with E-state index in [2.05, 4.69) is 17.3 Å². The van der Waals surface area contributed by atoms with E-state index >= 15 is 0 Å². The molecule has 0 spiro atoms. The van der Waals surface area contributed by atoms with Gasteiger partial charge in [0.15, 0.2) is 11.5 Å². The van der Waals surface area contributed by atoms with Gasteiger partial charge in [0.1, 0.15) is 5.82 Å². The Labute approximate surface area is 119 Å². The van der Waals surface area contributed by atoms with Gasteiger partial charge in [-0.15, -0.1) is 0 Å². The van der Waals surface area contributed by atoms with Crippen molar-refractivity contribution in [2.75, 3.05) is 19.5 Å². The Morgan fingerprint density at radius 2 is 2.05 bits per heavy atom. The Morgan fingerprint density at radius 3 is 2.75 bits per heavy atom. The lowest BCUT2D eigenvalue weighted by Gasteiger charge is -2.12. The van der Waals surface area contributed by atoms with E-state index in [-0.39, 0.29) is 0 Å². The Kier molecular flexibility index (Phi) is 4.87. The van der Waals surface area contributed by atoms with Crippen molar-refractivity contribution in [2.45, 2.75) is 26.4 Å². The van der Waals surface area contributed by atoms with E-state index < -0.39 is 0 Å². The van der Waals surface area contributed by atoms with Crippen LogP contribution in [0.25, 0.3) is 0 Å². The number of rotatable bonds is 7. The molecule has 0 atom stereocenters. The molecule has 0 aliphatic heterocycles. The maximum Gasteiger partial charge on any atom is 0.165 e. The van der Waals surface area contributed by atoms with Crippen molar-refractivity contribution in [1.82, 2.24) is 9.78 Å². The van der Waals surface area contributed by atoms with Crippen LogP contribution in [-0.2, 0) is 13.1 Å². The van der Waals surface area contributed by atoms with Crippen LogP contribution in [0.5, 0.6) is 11.5 Å². The molecule has 2 rings (SSSR count). The van der Waals surface area contributed by atoms with Crippen LogP contribution in [0.4, 0.5) is 5.82 Å². The molecule has 0 bridgehead atoms. The van der Waals surface area contributed by atoms with Crippen molar-refractivity contribution in [3.8, 4) is 11.5 Å². The summed E-state index contributed by atoms with van der Waals surface area (Å²) in [7, 11) is 3.29. The Morgan fingerprint density at radius 1 is 1.20 bits per heavy atom. The number of para-hydroxylation sites is 1. The van der Waals surface area contributed by atoms with Crippen molar-refractivity contribution in [1.29, 1.82) is 0 Å². The van der Waals surface area contributed by atoms with Gasteiger partial charge in [0, 0.05) is 30.9 Å². The molecular weight excluding hydrogens is 254 g/mol. The first-order chi connectivity index (χ1) is 9.78. The zero-order chi connectivity index (χ0) is 14.4. The van der Waals surface area contributed by atoms with Gasteiger partial charge >= 0.3 is 0 Å². The van der Waals surface area contributed by atoms with Crippen LogP contribution in [0.3, 0.4) is 0 Å². The number of methoxy groups -OCH3 is 2. The Bertz CT molecular complexity index is 552. The fourth-order valence-electron chi connectivity index (χ4n) is 2.09. The summed E-state index contributed by atoms with van der Waals surface area (Å²) in [5.74, 6) is 2.36. The Balaban J connectivity index is 2.06. The summed E-state index contributed by atoms with van der Waals surface area (Å²) < 4.78 is 12.6. The molecule has 1 heterocycles. The molecule has 0 aliphatic rings. The number of hydrogen-bond donors (Lipinski definition) is 1. The highest BCUT2D eigenvalue weighted by Crippen LogP contribution is 2.30. The zero-order valence-electron chi connectivity index (χ0n) is 12.2. The van der Waals surface area contributed by atoms with E-state index in [9.17, 15) is 0 Å². The van der Waals surface area contributed by atoms with Crippen LogP contribution in [0.2, 0.25) is 0 Å². The van der Waals surface area contributed by atoms with Crippen molar-refractivity contribution in [3.63, 3.8) is 0 Å². The molecule has 0 saturated carbocycles. The number of hydrogen-bond acceptors (Lipinski definition) is 4. The van der Waals surface area contributed by atoms with Gasteiger partial charge in [0.05, 0.1) is 14.2 Å². The van der Waals surface area contributed by atoms with Crippen molar-refractivity contribution < 1.29 is 9.47 Å². The summed E-state index contributed by atoms with van der Waals surface area (Å²) in [6.45, 7) is 3.71. The fourth-order valence-corrected chi connectivity index (χ4v) is 2.09. The minimum absolute atomic E-state index is 0.642. The number of aryl methyl sites for hydroxylation is 1. The van der Waals surface area contributed by atoms with Crippen molar-refractivity contribution in [3.05, 3.63) is 36.0 Å². The number of benzene rings is 1. The summed E-state index contributed by atoms with van der Waals surface area (Å²) in [4.78, 5) is 0. The molecule has 0 unspecified atom stereocenters. The smallest absolute Gasteiger partial charge is 0.165 e. The topological polar surface area (TPSA) is 48.3 Å². The molecule has 0 radical (unpaired) electrons. The van der Waals surface area contributed by atoms with Crippen LogP contribution in [0.1, 0.15) is 18.9 Å². The fraction of sp³-hybridized carbons (Fsp3) is 0.400. The minimum Gasteiger partial charge on any atom is -0.493 e. The molecule has 5 nitrogen and oxygen atoms in total. The van der Waals surface area contributed by atoms with E-state index in [4.69, 9.17) is 9.47 Å². The maximum atomic E-state index is 5.41.